The smallest absolute Gasteiger partial charge is 0.257 e. The highest BCUT2D eigenvalue weighted by Gasteiger charge is 2.37. The molecule has 1 fully saturated rings. The number of methoxy groups -OCH3 is 1. The Kier molecular flexibility index (Phi) is 7.74. The molecule has 2 unspecified atom stereocenters. The maximum Gasteiger partial charge on any atom is 0.257 e. The second-order valence-electron chi connectivity index (χ2n) is 6.46. The summed E-state index contributed by atoms with van der Waals surface area (Å²) in [6.07, 6.45) is 0.698. The van der Waals surface area contributed by atoms with Gasteiger partial charge in [0, 0.05) is 38.2 Å². The van der Waals surface area contributed by atoms with Crippen LogP contribution in [0.25, 0.3) is 0 Å². The monoisotopic (exact) mass is 425 g/mol. The minimum atomic E-state index is -3.85. The van der Waals surface area contributed by atoms with E-state index in [0.29, 0.717) is 19.5 Å². The number of rotatable bonds is 5. The molecule has 148 valence electrons. The maximum atomic E-state index is 13.1. The summed E-state index contributed by atoms with van der Waals surface area (Å²) in [5, 5.41) is 0.160. The minimum absolute atomic E-state index is 0. The van der Waals surface area contributed by atoms with Crippen LogP contribution in [0.5, 0.6) is 5.75 Å². The Morgan fingerprint density at radius 3 is 2.50 bits per heavy atom. The lowest BCUT2D eigenvalue weighted by Gasteiger charge is -2.21. The number of hydrogen-bond acceptors (Lipinski definition) is 5. The zero-order valence-electron chi connectivity index (χ0n) is 15.2. The van der Waals surface area contributed by atoms with Crippen LogP contribution < -0.4 is 10.5 Å². The minimum Gasteiger partial charge on any atom is -0.494 e. The highest BCUT2D eigenvalue weighted by atomic mass is 35.5. The zero-order valence-corrected chi connectivity index (χ0v) is 17.6. The van der Waals surface area contributed by atoms with Gasteiger partial charge in [0.1, 0.15) is 4.90 Å². The number of benzene rings is 1. The van der Waals surface area contributed by atoms with Crippen LogP contribution in [0.4, 0.5) is 0 Å². The summed E-state index contributed by atoms with van der Waals surface area (Å²) in [7, 11) is 0.630. The third kappa shape index (κ3) is 4.43. The van der Waals surface area contributed by atoms with Gasteiger partial charge >= 0.3 is 0 Å². The van der Waals surface area contributed by atoms with Crippen molar-refractivity contribution < 1.29 is 17.9 Å². The van der Waals surface area contributed by atoms with E-state index >= 15 is 0 Å². The van der Waals surface area contributed by atoms with Gasteiger partial charge in [0.15, 0.2) is 5.75 Å². The summed E-state index contributed by atoms with van der Waals surface area (Å²) < 4.78 is 32.9. The Hall–Kier alpha value is -1.06. The van der Waals surface area contributed by atoms with Gasteiger partial charge in [-0.2, -0.15) is 4.31 Å². The zero-order chi connectivity index (χ0) is 18.9. The van der Waals surface area contributed by atoms with Gasteiger partial charge in [0.2, 0.25) is 10.0 Å². The fraction of sp³-hybridized carbons (Fsp3) is 0.562. The van der Waals surface area contributed by atoms with Crippen LogP contribution in [-0.4, -0.2) is 63.9 Å². The summed E-state index contributed by atoms with van der Waals surface area (Å²) in [4.78, 5) is 13.6. The molecule has 0 aliphatic carbocycles. The number of ether oxygens (including phenoxy) is 1. The summed E-state index contributed by atoms with van der Waals surface area (Å²) in [5.41, 5.74) is 6.01. The molecule has 0 saturated carbocycles. The highest BCUT2D eigenvalue weighted by molar-refractivity contribution is 7.89. The summed E-state index contributed by atoms with van der Waals surface area (Å²) >= 11 is 6.09. The Morgan fingerprint density at radius 1 is 1.42 bits per heavy atom. The van der Waals surface area contributed by atoms with Crippen LogP contribution in [0.1, 0.15) is 23.7 Å². The molecule has 1 saturated heterocycles. The first-order chi connectivity index (χ1) is 11.6. The van der Waals surface area contributed by atoms with Gasteiger partial charge in [-0.15, -0.1) is 12.4 Å². The lowest BCUT2D eigenvalue weighted by atomic mass is 10.0. The molecule has 0 spiro atoms. The topological polar surface area (TPSA) is 92.9 Å². The van der Waals surface area contributed by atoms with Crippen molar-refractivity contribution >= 4 is 39.9 Å². The molecule has 1 aliphatic heterocycles. The first kappa shape index (κ1) is 23.0. The van der Waals surface area contributed by atoms with Crippen LogP contribution in [0.2, 0.25) is 5.02 Å². The SMILES string of the molecule is COc1c(C(=O)N(C)C)cc(Cl)cc1S(=O)(=O)N1CCC(C(C)N)C1.Cl. The van der Waals surface area contributed by atoms with E-state index in [1.807, 2.05) is 6.92 Å². The number of hydrogen-bond donors (Lipinski definition) is 1. The lowest BCUT2D eigenvalue weighted by molar-refractivity contribution is 0.0823. The first-order valence-electron chi connectivity index (χ1n) is 7.94. The number of nitrogens with zero attached hydrogens (tertiary/aromatic N) is 2. The molecule has 1 heterocycles. The van der Waals surface area contributed by atoms with Gasteiger partial charge in [-0.25, -0.2) is 8.42 Å². The van der Waals surface area contributed by atoms with Gasteiger partial charge in [0.25, 0.3) is 5.91 Å². The molecule has 26 heavy (non-hydrogen) atoms. The molecule has 2 rings (SSSR count). The lowest BCUT2D eigenvalue weighted by Crippen LogP contribution is -2.33. The fourth-order valence-corrected chi connectivity index (χ4v) is 4.91. The van der Waals surface area contributed by atoms with Gasteiger partial charge < -0.3 is 15.4 Å². The molecular formula is C16H25Cl2N3O4S. The number of halogens is 2. The van der Waals surface area contributed by atoms with Crippen molar-refractivity contribution in [1.82, 2.24) is 9.21 Å². The van der Waals surface area contributed by atoms with Crippen molar-refractivity contribution in [3.05, 3.63) is 22.7 Å². The van der Waals surface area contributed by atoms with Crippen molar-refractivity contribution in [1.29, 1.82) is 0 Å². The van der Waals surface area contributed by atoms with Gasteiger partial charge in [-0.3, -0.25) is 4.79 Å². The molecule has 2 N–H and O–H groups in total. The van der Waals surface area contributed by atoms with E-state index < -0.39 is 10.0 Å². The Morgan fingerprint density at radius 2 is 2.04 bits per heavy atom. The average molecular weight is 426 g/mol. The first-order valence-corrected chi connectivity index (χ1v) is 9.76. The number of carbonyl (C=O) groups is 1. The molecule has 1 aromatic rings. The van der Waals surface area contributed by atoms with E-state index in [9.17, 15) is 13.2 Å². The summed E-state index contributed by atoms with van der Waals surface area (Å²) in [6, 6.07) is 2.64. The average Bonchev–Trinajstić information content (AvgIpc) is 3.04. The van der Waals surface area contributed by atoms with E-state index in [1.54, 1.807) is 14.1 Å². The molecule has 1 aromatic carbocycles. The van der Waals surface area contributed by atoms with Gasteiger partial charge in [-0.05, 0) is 31.4 Å². The number of nitrogens with two attached hydrogens (primary N) is 1. The molecule has 0 radical (unpaired) electrons. The van der Waals surface area contributed by atoms with Crippen molar-refractivity contribution in [3.8, 4) is 5.75 Å². The van der Waals surface area contributed by atoms with Crippen LogP contribution in [0, 0.1) is 5.92 Å². The Balaban J connectivity index is 0.00000338. The number of carbonyl (C=O) groups excluding carboxylic acids is 1. The fourth-order valence-electron chi connectivity index (χ4n) is 2.91. The predicted molar refractivity (Wildman–Crippen MR) is 104 cm³/mol. The summed E-state index contributed by atoms with van der Waals surface area (Å²) in [5.74, 6) is -0.277. The second kappa shape index (κ2) is 8.75. The maximum absolute atomic E-state index is 13.1. The van der Waals surface area contributed by atoms with Gasteiger partial charge in [0.05, 0.1) is 12.7 Å². The van der Waals surface area contributed by atoms with Crippen molar-refractivity contribution in [2.45, 2.75) is 24.3 Å². The third-order valence-corrected chi connectivity index (χ3v) is 6.50. The Labute approximate surface area is 165 Å². The molecule has 0 bridgehead atoms. The van der Waals surface area contributed by atoms with E-state index in [0.717, 1.165) is 0 Å². The van der Waals surface area contributed by atoms with Crippen molar-refractivity contribution in [2.75, 3.05) is 34.3 Å². The number of amides is 1. The van der Waals surface area contributed by atoms with E-state index in [2.05, 4.69) is 0 Å². The third-order valence-electron chi connectivity index (χ3n) is 4.41. The second-order valence-corrected chi connectivity index (χ2v) is 8.80. The molecular weight excluding hydrogens is 401 g/mol. The van der Waals surface area contributed by atoms with Crippen molar-refractivity contribution in [3.63, 3.8) is 0 Å². The molecule has 1 amide bonds. The van der Waals surface area contributed by atoms with E-state index in [4.69, 9.17) is 22.1 Å². The molecule has 2 atom stereocenters. The molecule has 0 aromatic heterocycles. The molecule has 7 nitrogen and oxygen atoms in total. The number of sulfonamides is 1. The Bertz CT molecular complexity index is 769. The highest BCUT2D eigenvalue weighted by Crippen LogP contribution is 2.36. The largest absolute Gasteiger partial charge is 0.494 e. The normalized spacial score (nSPS) is 18.9. The molecule has 1 aliphatic rings. The van der Waals surface area contributed by atoms with Crippen molar-refractivity contribution in [2.24, 2.45) is 11.7 Å². The van der Waals surface area contributed by atoms with Crippen LogP contribution in [0.15, 0.2) is 17.0 Å². The van der Waals surface area contributed by atoms with Crippen LogP contribution >= 0.6 is 24.0 Å². The van der Waals surface area contributed by atoms with Gasteiger partial charge in [-0.1, -0.05) is 11.6 Å². The quantitative estimate of drug-likeness (QED) is 0.776. The predicted octanol–water partition coefficient (Wildman–Crippen LogP) is 1.83. The van der Waals surface area contributed by atoms with Crippen LogP contribution in [-0.2, 0) is 10.0 Å². The molecule has 10 heteroatoms. The van der Waals surface area contributed by atoms with E-state index in [-0.39, 0.29) is 51.5 Å². The summed E-state index contributed by atoms with van der Waals surface area (Å²) in [6.45, 7) is 2.59. The van der Waals surface area contributed by atoms with Crippen LogP contribution in [0.3, 0.4) is 0 Å². The van der Waals surface area contributed by atoms with E-state index in [1.165, 1.54) is 28.4 Å². The standard InChI is InChI=1S/C16H24ClN3O4S.ClH/c1-10(18)11-5-6-20(9-11)25(22,23)14-8-12(17)7-13(15(14)24-4)16(21)19(2)3;/h7-8,10-11H,5-6,9,18H2,1-4H3;1H.